The Morgan fingerprint density at radius 3 is 2.94 bits per heavy atom. The fourth-order valence-electron chi connectivity index (χ4n) is 1.11. The summed E-state index contributed by atoms with van der Waals surface area (Å²) in [5.74, 6) is 0.228. The molecule has 7 heteroatoms. The van der Waals surface area contributed by atoms with Gasteiger partial charge in [0.15, 0.2) is 0 Å². The van der Waals surface area contributed by atoms with Gasteiger partial charge in [-0.1, -0.05) is 0 Å². The number of aromatic amines is 1. The summed E-state index contributed by atoms with van der Waals surface area (Å²) >= 11 is 1.59. The average Bonchev–Trinajstić information content (AvgIpc) is 2.70. The molecule has 0 bridgehead atoms. The smallest absolute Gasteiger partial charge is 0.274 e. The van der Waals surface area contributed by atoms with E-state index in [1.807, 2.05) is 18.4 Å². The minimum Gasteiger partial charge on any atom is -0.288 e. The number of aromatic nitrogens is 3. The first-order valence-corrected chi connectivity index (χ1v) is 5.81. The van der Waals surface area contributed by atoms with Gasteiger partial charge < -0.3 is 0 Å². The lowest BCUT2D eigenvalue weighted by atomic mass is 10.3. The normalized spacial score (nSPS) is 10.9. The summed E-state index contributed by atoms with van der Waals surface area (Å²) in [4.78, 5) is 14.8. The average molecular weight is 249 g/mol. The van der Waals surface area contributed by atoms with Crippen molar-refractivity contribution in [3.63, 3.8) is 0 Å². The van der Waals surface area contributed by atoms with Crippen LogP contribution in [0.3, 0.4) is 0 Å². The lowest BCUT2D eigenvalue weighted by Gasteiger charge is -1.97. The Morgan fingerprint density at radius 2 is 2.29 bits per heavy atom. The molecule has 0 aromatic carbocycles. The number of nitrogens with one attached hydrogen (secondary N) is 2. The molecule has 6 nitrogen and oxygen atoms in total. The number of H-pyrrole nitrogens is 1. The predicted molar refractivity (Wildman–Crippen MR) is 67.7 cm³/mol. The minimum atomic E-state index is -0.273. The molecule has 0 spiro atoms. The Morgan fingerprint density at radius 1 is 1.47 bits per heavy atom. The van der Waals surface area contributed by atoms with Crippen LogP contribution in [-0.2, 0) is 0 Å². The number of anilines is 1. The third-order valence-electron chi connectivity index (χ3n) is 2.11. The van der Waals surface area contributed by atoms with Crippen LogP contribution in [0.25, 0.3) is 0 Å². The van der Waals surface area contributed by atoms with Crippen molar-refractivity contribution in [2.75, 3.05) is 5.43 Å². The fourth-order valence-corrected chi connectivity index (χ4v) is 1.90. The van der Waals surface area contributed by atoms with E-state index in [0.29, 0.717) is 5.69 Å². The van der Waals surface area contributed by atoms with Crippen LogP contribution in [0, 0.1) is 13.8 Å². The zero-order valence-electron chi connectivity index (χ0n) is 9.39. The molecule has 0 saturated heterocycles. The van der Waals surface area contributed by atoms with E-state index in [0.717, 1.165) is 10.4 Å². The van der Waals surface area contributed by atoms with Crippen molar-refractivity contribution in [3.8, 4) is 0 Å². The lowest BCUT2D eigenvalue weighted by molar-refractivity contribution is 0.897. The maximum Gasteiger partial charge on any atom is 0.274 e. The lowest BCUT2D eigenvalue weighted by Crippen LogP contribution is -2.15. The number of hydrogen-bond acceptors (Lipinski definition) is 6. The topological polar surface area (TPSA) is 83.0 Å². The van der Waals surface area contributed by atoms with Gasteiger partial charge in [-0.05, 0) is 30.9 Å². The quantitative estimate of drug-likeness (QED) is 0.634. The van der Waals surface area contributed by atoms with Gasteiger partial charge in [0.05, 0.1) is 6.21 Å². The minimum absolute atomic E-state index is 0.228. The first-order chi connectivity index (χ1) is 8.16. The van der Waals surface area contributed by atoms with Gasteiger partial charge in [0.1, 0.15) is 5.69 Å². The van der Waals surface area contributed by atoms with Gasteiger partial charge in [-0.3, -0.25) is 9.78 Å². The third kappa shape index (κ3) is 2.76. The summed E-state index contributed by atoms with van der Waals surface area (Å²) < 4.78 is 0. The van der Waals surface area contributed by atoms with E-state index in [9.17, 15) is 4.79 Å². The second-order valence-electron chi connectivity index (χ2n) is 3.43. The molecule has 0 aliphatic rings. The molecule has 2 aromatic heterocycles. The summed E-state index contributed by atoms with van der Waals surface area (Å²) in [6.07, 6.45) is 1.68. The molecule has 0 unspecified atom stereocenters. The van der Waals surface area contributed by atoms with Crippen molar-refractivity contribution < 1.29 is 0 Å². The molecule has 88 valence electrons. The van der Waals surface area contributed by atoms with Gasteiger partial charge in [-0.2, -0.15) is 5.10 Å². The molecule has 2 rings (SSSR count). The van der Waals surface area contributed by atoms with Crippen molar-refractivity contribution in [2.45, 2.75) is 13.8 Å². The molecule has 0 aliphatic heterocycles. The Hall–Kier alpha value is -2.02. The summed E-state index contributed by atoms with van der Waals surface area (Å²) in [5, 5.41) is 13.4. The Labute approximate surface area is 101 Å². The Kier molecular flexibility index (Phi) is 3.29. The maximum atomic E-state index is 11.2. The van der Waals surface area contributed by atoms with Crippen LogP contribution in [0.2, 0.25) is 0 Å². The van der Waals surface area contributed by atoms with E-state index < -0.39 is 0 Å². The molecule has 2 N–H and O–H groups in total. The van der Waals surface area contributed by atoms with Crippen LogP contribution >= 0.6 is 11.3 Å². The van der Waals surface area contributed by atoms with Crippen molar-refractivity contribution in [1.29, 1.82) is 0 Å². The summed E-state index contributed by atoms with van der Waals surface area (Å²) in [6, 6.07) is 2.01. The number of rotatable bonds is 3. The van der Waals surface area contributed by atoms with Gasteiger partial charge in [0, 0.05) is 4.88 Å². The van der Waals surface area contributed by atoms with Crippen LogP contribution in [0.1, 0.15) is 16.1 Å². The molecule has 0 fully saturated rings. The standard InChI is InChI=1S/C10H11N5OS/c1-6-3-4-17-8(6)5-11-14-10-12-9(16)7(2)13-15-10/h3-5H,1-2H3,(H2,12,14,15,16)/b11-5-. The van der Waals surface area contributed by atoms with E-state index in [1.54, 1.807) is 24.5 Å². The summed E-state index contributed by atoms with van der Waals surface area (Å²) in [7, 11) is 0. The van der Waals surface area contributed by atoms with Crippen molar-refractivity contribution >= 4 is 23.5 Å². The number of aryl methyl sites for hydroxylation is 2. The molecule has 0 radical (unpaired) electrons. The van der Waals surface area contributed by atoms with E-state index >= 15 is 0 Å². The molecule has 2 heterocycles. The van der Waals surface area contributed by atoms with Gasteiger partial charge in [-0.15, -0.1) is 21.5 Å². The molecule has 0 atom stereocenters. The largest absolute Gasteiger partial charge is 0.288 e. The van der Waals surface area contributed by atoms with E-state index in [-0.39, 0.29) is 11.5 Å². The van der Waals surface area contributed by atoms with Gasteiger partial charge in [0.25, 0.3) is 5.56 Å². The van der Waals surface area contributed by atoms with Crippen LogP contribution in [0.5, 0.6) is 0 Å². The van der Waals surface area contributed by atoms with Crippen molar-refractivity contribution in [3.05, 3.63) is 37.9 Å². The van der Waals surface area contributed by atoms with Gasteiger partial charge in [-0.25, -0.2) is 5.43 Å². The maximum absolute atomic E-state index is 11.2. The molecule has 0 saturated carbocycles. The SMILES string of the molecule is Cc1ccsc1/C=N\Nc1nnc(C)c(=O)[nH]1. The highest BCUT2D eigenvalue weighted by Crippen LogP contribution is 2.12. The zero-order chi connectivity index (χ0) is 12.3. The second kappa shape index (κ2) is 4.88. The first-order valence-electron chi connectivity index (χ1n) is 4.93. The first kappa shape index (κ1) is 11.5. The molecule has 0 amide bonds. The number of nitrogens with zero attached hydrogens (tertiary/aromatic N) is 3. The van der Waals surface area contributed by atoms with Gasteiger partial charge in [0.2, 0.25) is 5.95 Å². The predicted octanol–water partition coefficient (Wildman–Crippen LogP) is 1.29. The van der Waals surface area contributed by atoms with Gasteiger partial charge >= 0.3 is 0 Å². The second-order valence-corrected chi connectivity index (χ2v) is 4.37. The van der Waals surface area contributed by atoms with Crippen LogP contribution in [0.15, 0.2) is 21.3 Å². The summed E-state index contributed by atoms with van der Waals surface area (Å²) in [5.41, 5.74) is 3.84. The van der Waals surface area contributed by atoms with E-state index in [1.165, 1.54) is 0 Å². The Bertz CT molecular complexity index is 601. The number of thiophene rings is 1. The monoisotopic (exact) mass is 249 g/mol. The van der Waals surface area contributed by atoms with Crippen molar-refractivity contribution in [2.24, 2.45) is 5.10 Å². The fraction of sp³-hybridized carbons (Fsp3) is 0.200. The highest BCUT2D eigenvalue weighted by molar-refractivity contribution is 7.11. The molecule has 2 aromatic rings. The summed E-state index contributed by atoms with van der Waals surface area (Å²) in [6.45, 7) is 3.60. The van der Waals surface area contributed by atoms with Crippen LogP contribution in [-0.4, -0.2) is 21.4 Å². The molecule has 0 aliphatic carbocycles. The Balaban J connectivity index is 2.07. The molecule has 17 heavy (non-hydrogen) atoms. The highest BCUT2D eigenvalue weighted by atomic mass is 32.1. The zero-order valence-corrected chi connectivity index (χ0v) is 10.2. The highest BCUT2D eigenvalue weighted by Gasteiger charge is 1.98. The van der Waals surface area contributed by atoms with E-state index in [2.05, 4.69) is 25.7 Å². The molecular weight excluding hydrogens is 238 g/mol. The molecular formula is C10H11N5OS. The number of hydrogen-bond donors (Lipinski definition) is 2. The van der Waals surface area contributed by atoms with E-state index in [4.69, 9.17) is 0 Å². The number of hydrazone groups is 1. The van der Waals surface area contributed by atoms with Crippen LogP contribution < -0.4 is 11.0 Å². The van der Waals surface area contributed by atoms with Crippen LogP contribution in [0.4, 0.5) is 5.95 Å². The van der Waals surface area contributed by atoms with Crippen molar-refractivity contribution in [1.82, 2.24) is 15.2 Å². The third-order valence-corrected chi connectivity index (χ3v) is 3.07.